The molecule has 7 heteroatoms. The Labute approximate surface area is 149 Å². The first kappa shape index (κ1) is 18.4. The number of benzene rings is 1. The van der Waals surface area contributed by atoms with Crippen molar-refractivity contribution in [1.82, 2.24) is 10.6 Å². The summed E-state index contributed by atoms with van der Waals surface area (Å²) in [5.74, 6) is -1.31. The van der Waals surface area contributed by atoms with Crippen molar-refractivity contribution in [2.75, 3.05) is 13.2 Å². The summed E-state index contributed by atoms with van der Waals surface area (Å²) in [6, 6.07) is 7.01. The summed E-state index contributed by atoms with van der Waals surface area (Å²) in [4.78, 5) is 35.2. The van der Waals surface area contributed by atoms with Crippen molar-refractivity contribution in [3.05, 3.63) is 34.3 Å². The second-order valence-corrected chi connectivity index (χ2v) is 6.67. The second kappa shape index (κ2) is 9.42. The zero-order chi connectivity index (χ0) is 17.4. The zero-order valence-corrected chi connectivity index (χ0v) is 14.9. The van der Waals surface area contributed by atoms with Crippen molar-refractivity contribution in [2.24, 2.45) is 0 Å². The molecule has 0 atom stereocenters. The molecule has 1 aromatic rings. The average molecular weight is 397 g/mol. The number of amides is 2. The molecule has 0 saturated heterocycles. The highest BCUT2D eigenvalue weighted by atomic mass is 79.9. The number of carbonyl (C=O) groups excluding carboxylic acids is 3. The first-order valence-corrected chi connectivity index (χ1v) is 8.82. The van der Waals surface area contributed by atoms with Crippen molar-refractivity contribution in [3.8, 4) is 0 Å². The van der Waals surface area contributed by atoms with E-state index in [1.54, 1.807) is 24.3 Å². The highest BCUT2D eigenvalue weighted by Crippen LogP contribution is 2.17. The van der Waals surface area contributed by atoms with Gasteiger partial charge in [-0.25, -0.2) is 0 Å². The van der Waals surface area contributed by atoms with Crippen LogP contribution >= 0.6 is 15.9 Å². The monoisotopic (exact) mass is 396 g/mol. The molecule has 1 aromatic carbocycles. The molecule has 24 heavy (non-hydrogen) atoms. The lowest BCUT2D eigenvalue weighted by Crippen LogP contribution is -2.39. The van der Waals surface area contributed by atoms with Gasteiger partial charge in [-0.2, -0.15) is 0 Å². The Bertz CT molecular complexity index is 600. The molecule has 0 unspecified atom stereocenters. The van der Waals surface area contributed by atoms with Crippen LogP contribution < -0.4 is 10.6 Å². The molecule has 6 nitrogen and oxygen atoms in total. The third-order valence-corrected chi connectivity index (χ3v) is 4.31. The zero-order valence-electron chi connectivity index (χ0n) is 13.3. The minimum atomic E-state index is -0.642. The van der Waals surface area contributed by atoms with Gasteiger partial charge < -0.3 is 15.4 Å². The molecule has 0 spiro atoms. The summed E-state index contributed by atoms with van der Waals surface area (Å²) in [6.45, 7) is -0.593. The maximum absolute atomic E-state index is 11.9. The first-order chi connectivity index (χ1) is 11.5. The molecule has 0 heterocycles. The number of ether oxygens (including phenoxy) is 1. The maximum atomic E-state index is 11.9. The number of carbonyl (C=O) groups is 3. The number of nitrogens with one attached hydrogen (secondary N) is 2. The summed E-state index contributed by atoms with van der Waals surface area (Å²) < 4.78 is 5.66. The highest BCUT2D eigenvalue weighted by Gasteiger charge is 2.17. The van der Waals surface area contributed by atoms with Gasteiger partial charge in [0.15, 0.2) is 6.61 Å². The molecular weight excluding hydrogens is 376 g/mol. The van der Waals surface area contributed by atoms with Gasteiger partial charge in [0, 0.05) is 16.1 Å². The Morgan fingerprint density at radius 1 is 1.17 bits per heavy atom. The largest absolute Gasteiger partial charge is 0.454 e. The lowest BCUT2D eigenvalue weighted by atomic mass is 9.95. The van der Waals surface area contributed by atoms with Crippen molar-refractivity contribution >= 4 is 33.7 Å². The normalized spacial score (nSPS) is 14.7. The van der Waals surface area contributed by atoms with Crippen molar-refractivity contribution in [3.63, 3.8) is 0 Å². The van der Waals surface area contributed by atoms with Crippen molar-refractivity contribution in [2.45, 2.75) is 38.1 Å². The molecule has 0 aromatic heterocycles. The van der Waals surface area contributed by atoms with Gasteiger partial charge >= 0.3 is 5.97 Å². The molecule has 1 saturated carbocycles. The van der Waals surface area contributed by atoms with Crippen molar-refractivity contribution in [1.29, 1.82) is 0 Å². The molecule has 1 aliphatic rings. The van der Waals surface area contributed by atoms with Crippen LogP contribution in [0.2, 0.25) is 0 Å². The smallest absolute Gasteiger partial charge is 0.325 e. The summed E-state index contributed by atoms with van der Waals surface area (Å²) in [5.41, 5.74) is 0.437. The molecule has 0 aliphatic heterocycles. The highest BCUT2D eigenvalue weighted by molar-refractivity contribution is 9.10. The van der Waals surface area contributed by atoms with Gasteiger partial charge in [-0.15, -0.1) is 0 Å². The Hall–Kier alpha value is -1.89. The molecular formula is C17H21BrN2O4. The molecule has 1 fully saturated rings. The van der Waals surface area contributed by atoms with Crippen LogP contribution in [0.5, 0.6) is 0 Å². The Morgan fingerprint density at radius 2 is 1.92 bits per heavy atom. The van der Waals surface area contributed by atoms with Crippen LogP contribution in [-0.2, 0) is 14.3 Å². The van der Waals surface area contributed by atoms with Crippen LogP contribution in [0.3, 0.4) is 0 Å². The van der Waals surface area contributed by atoms with E-state index in [0.29, 0.717) is 5.56 Å². The standard InChI is InChI=1S/C17H21BrN2O4/c18-13-6-4-5-12(9-13)17(23)19-10-16(22)24-11-15(21)20-14-7-2-1-3-8-14/h4-6,9,14H,1-3,7-8,10-11H2,(H,19,23)(H,20,21). The predicted octanol–water partition coefficient (Wildman–Crippen LogP) is 2.17. The number of rotatable bonds is 6. The second-order valence-electron chi connectivity index (χ2n) is 5.76. The van der Waals surface area contributed by atoms with E-state index in [4.69, 9.17) is 4.74 Å². The lowest BCUT2D eigenvalue weighted by molar-refractivity contribution is -0.147. The molecule has 0 bridgehead atoms. The summed E-state index contributed by atoms with van der Waals surface area (Å²) >= 11 is 3.28. The van der Waals surface area contributed by atoms with Gasteiger partial charge in [0.25, 0.3) is 11.8 Å². The van der Waals surface area contributed by atoms with Gasteiger partial charge in [0.05, 0.1) is 0 Å². The third kappa shape index (κ3) is 6.31. The van der Waals surface area contributed by atoms with E-state index in [1.165, 1.54) is 6.42 Å². The fourth-order valence-electron chi connectivity index (χ4n) is 2.60. The SMILES string of the molecule is O=C(COC(=O)CNC(=O)c1cccc(Br)c1)NC1CCCCC1. The lowest BCUT2D eigenvalue weighted by Gasteiger charge is -2.22. The molecule has 2 rings (SSSR count). The van der Waals surface area contributed by atoms with Crippen LogP contribution in [0, 0.1) is 0 Å². The van der Waals surface area contributed by atoms with Gasteiger partial charge in [-0.3, -0.25) is 14.4 Å². The minimum absolute atomic E-state index is 0.182. The van der Waals surface area contributed by atoms with Gasteiger partial charge in [-0.1, -0.05) is 41.3 Å². The third-order valence-electron chi connectivity index (χ3n) is 3.81. The topological polar surface area (TPSA) is 84.5 Å². The van der Waals surface area contributed by atoms with Crippen molar-refractivity contribution < 1.29 is 19.1 Å². The summed E-state index contributed by atoms with van der Waals surface area (Å²) in [6.07, 6.45) is 5.39. The fourth-order valence-corrected chi connectivity index (χ4v) is 3.00. The van der Waals surface area contributed by atoms with Gasteiger partial charge in [0.1, 0.15) is 6.54 Å². The van der Waals surface area contributed by atoms with Crippen LogP contribution in [0.15, 0.2) is 28.7 Å². The van der Waals surface area contributed by atoms with E-state index >= 15 is 0 Å². The maximum Gasteiger partial charge on any atom is 0.325 e. The number of hydrogen-bond acceptors (Lipinski definition) is 4. The molecule has 2 N–H and O–H groups in total. The Kier molecular flexibility index (Phi) is 7.24. The van der Waals surface area contributed by atoms with Gasteiger partial charge in [0.2, 0.25) is 0 Å². The number of hydrogen-bond donors (Lipinski definition) is 2. The molecule has 1 aliphatic carbocycles. The minimum Gasteiger partial charge on any atom is -0.454 e. The first-order valence-electron chi connectivity index (χ1n) is 8.03. The van der Waals surface area contributed by atoms with E-state index in [9.17, 15) is 14.4 Å². The van der Waals surface area contributed by atoms with E-state index in [2.05, 4.69) is 26.6 Å². The number of halogens is 1. The van der Waals surface area contributed by atoms with Gasteiger partial charge in [-0.05, 0) is 31.0 Å². The Balaban J connectivity index is 1.65. The molecule has 0 radical (unpaired) electrons. The van der Waals surface area contributed by atoms with E-state index in [-0.39, 0.29) is 31.0 Å². The quantitative estimate of drug-likeness (QED) is 0.721. The predicted molar refractivity (Wildman–Crippen MR) is 92.4 cm³/mol. The summed E-state index contributed by atoms with van der Waals surface area (Å²) in [5, 5.41) is 5.33. The van der Waals surface area contributed by atoms with Crippen LogP contribution in [0.25, 0.3) is 0 Å². The molecule has 2 amide bonds. The fraction of sp³-hybridized carbons (Fsp3) is 0.471. The van der Waals surface area contributed by atoms with Crippen LogP contribution in [0.4, 0.5) is 0 Å². The van der Waals surface area contributed by atoms with E-state index < -0.39 is 5.97 Å². The molecule has 130 valence electrons. The van der Waals surface area contributed by atoms with E-state index in [0.717, 1.165) is 30.2 Å². The summed E-state index contributed by atoms with van der Waals surface area (Å²) in [7, 11) is 0. The van der Waals surface area contributed by atoms with E-state index in [1.807, 2.05) is 0 Å². The Morgan fingerprint density at radius 3 is 2.62 bits per heavy atom. The van der Waals surface area contributed by atoms with Crippen LogP contribution in [0.1, 0.15) is 42.5 Å². The number of esters is 1. The average Bonchev–Trinajstić information content (AvgIpc) is 2.58. The van der Waals surface area contributed by atoms with Crippen LogP contribution in [-0.4, -0.2) is 37.0 Å².